The number of likely N-dealkylation sites (N-methyl/N-ethyl adjacent to an activating group) is 1. The number of nitrogens with zero attached hydrogens (tertiary/aromatic N) is 4. The number of morpholine rings is 1. The van der Waals surface area contributed by atoms with Crippen LogP contribution in [0.15, 0.2) is 18.3 Å². The number of rotatable bonds is 5. The van der Waals surface area contributed by atoms with Crippen LogP contribution < -0.4 is 10.6 Å². The van der Waals surface area contributed by atoms with Crippen molar-refractivity contribution in [2.45, 2.75) is 6.10 Å². The first-order valence-electron chi connectivity index (χ1n) is 6.78. The van der Waals surface area contributed by atoms with Crippen LogP contribution in [-0.2, 0) is 9.53 Å². The Morgan fingerprint density at radius 3 is 3.10 bits per heavy atom. The molecular formula is C14H19N5O2. The highest BCUT2D eigenvalue weighted by molar-refractivity contribution is 5.75. The zero-order valence-corrected chi connectivity index (χ0v) is 12.0. The van der Waals surface area contributed by atoms with Gasteiger partial charge in [0.05, 0.1) is 24.8 Å². The number of ether oxygens (including phenoxy) is 1. The van der Waals surface area contributed by atoms with E-state index in [9.17, 15) is 4.79 Å². The highest BCUT2D eigenvalue weighted by Crippen LogP contribution is 2.15. The molecule has 21 heavy (non-hydrogen) atoms. The average Bonchev–Trinajstić information content (AvgIpc) is 2.46. The molecule has 1 aromatic rings. The third-order valence-corrected chi connectivity index (χ3v) is 3.28. The lowest BCUT2D eigenvalue weighted by Crippen LogP contribution is -2.48. The molecule has 1 amide bonds. The summed E-state index contributed by atoms with van der Waals surface area (Å²) in [4.78, 5) is 19.2. The van der Waals surface area contributed by atoms with Crippen LogP contribution in [0.5, 0.6) is 0 Å². The Hall–Kier alpha value is -2.17. The molecule has 1 unspecified atom stereocenters. The van der Waals surface area contributed by atoms with E-state index in [4.69, 9.17) is 15.7 Å². The number of amides is 1. The lowest BCUT2D eigenvalue weighted by atomic mass is 10.2. The number of carbonyl (C=O) groups excluding carboxylic acids is 1. The van der Waals surface area contributed by atoms with Crippen LogP contribution in [0.25, 0.3) is 0 Å². The molecule has 2 rings (SSSR count). The van der Waals surface area contributed by atoms with Crippen molar-refractivity contribution in [3.05, 3.63) is 23.9 Å². The maximum Gasteiger partial charge on any atom is 0.231 e. The number of aromatic nitrogens is 1. The van der Waals surface area contributed by atoms with Gasteiger partial charge in [0.15, 0.2) is 0 Å². The quantitative estimate of drug-likeness (QED) is 0.790. The fraction of sp³-hybridized carbons (Fsp3) is 0.500. The lowest BCUT2D eigenvalue weighted by molar-refractivity contribution is -0.119. The van der Waals surface area contributed by atoms with Gasteiger partial charge in [-0.05, 0) is 19.2 Å². The highest BCUT2D eigenvalue weighted by atomic mass is 16.5. The second kappa shape index (κ2) is 7.02. The fourth-order valence-corrected chi connectivity index (χ4v) is 2.36. The normalized spacial score (nSPS) is 18.5. The maximum atomic E-state index is 10.9. The number of primary amides is 1. The number of nitrogens with two attached hydrogens (primary N) is 1. The molecule has 1 atom stereocenters. The summed E-state index contributed by atoms with van der Waals surface area (Å²) in [5.74, 6) is 0.485. The molecule has 0 bridgehead atoms. The molecular weight excluding hydrogens is 270 g/mol. The van der Waals surface area contributed by atoms with Crippen LogP contribution in [-0.4, -0.2) is 61.7 Å². The number of hydrogen-bond acceptors (Lipinski definition) is 6. The zero-order chi connectivity index (χ0) is 15.2. The molecule has 2 N–H and O–H groups in total. The van der Waals surface area contributed by atoms with E-state index < -0.39 is 0 Å². The monoisotopic (exact) mass is 289 g/mol. The minimum absolute atomic E-state index is 0.000503. The van der Waals surface area contributed by atoms with Crippen molar-refractivity contribution in [1.82, 2.24) is 9.88 Å². The van der Waals surface area contributed by atoms with Crippen LogP contribution >= 0.6 is 0 Å². The van der Waals surface area contributed by atoms with Crippen molar-refractivity contribution in [1.29, 1.82) is 5.26 Å². The Bertz CT molecular complexity index is 525. The van der Waals surface area contributed by atoms with E-state index in [1.807, 2.05) is 18.0 Å². The van der Waals surface area contributed by atoms with Gasteiger partial charge in [-0.15, -0.1) is 0 Å². The van der Waals surface area contributed by atoms with Crippen molar-refractivity contribution < 1.29 is 9.53 Å². The van der Waals surface area contributed by atoms with E-state index >= 15 is 0 Å². The van der Waals surface area contributed by atoms with E-state index in [1.54, 1.807) is 12.3 Å². The smallest absolute Gasteiger partial charge is 0.231 e. The summed E-state index contributed by atoms with van der Waals surface area (Å²) in [5, 5.41) is 8.79. The Morgan fingerprint density at radius 2 is 2.48 bits per heavy atom. The van der Waals surface area contributed by atoms with Crippen molar-refractivity contribution in [2.24, 2.45) is 5.73 Å². The Morgan fingerprint density at radius 1 is 1.67 bits per heavy atom. The van der Waals surface area contributed by atoms with Gasteiger partial charge in [-0.3, -0.25) is 9.69 Å². The number of carbonyl (C=O) groups is 1. The van der Waals surface area contributed by atoms with Gasteiger partial charge in [-0.2, -0.15) is 5.26 Å². The first-order valence-corrected chi connectivity index (χ1v) is 6.78. The van der Waals surface area contributed by atoms with Crippen LogP contribution in [0.4, 0.5) is 5.82 Å². The predicted molar refractivity (Wildman–Crippen MR) is 77.6 cm³/mol. The maximum absolute atomic E-state index is 10.9. The van der Waals surface area contributed by atoms with Crippen LogP contribution in [0.3, 0.4) is 0 Å². The molecule has 1 saturated heterocycles. The van der Waals surface area contributed by atoms with Crippen molar-refractivity contribution in [3.63, 3.8) is 0 Å². The molecule has 112 valence electrons. The summed E-state index contributed by atoms with van der Waals surface area (Å²) in [6.45, 7) is 2.92. The molecule has 1 aromatic heterocycles. The van der Waals surface area contributed by atoms with Crippen LogP contribution in [0.1, 0.15) is 5.56 Å². The van der Waals surface area contributed by atoms with Gasteiger partial charge in [-0.25, -0.2) is 4.98 Å². The molecule has 1 aliphatic rings. The second-order valence-electron chi connectivity index (χ2n) is 5.12. The summed E-state index contributed by atoms with van der Waals surface area (Å²) in [6, 6.07) is 5.65. The largest absolute Gasteiger partial charge is 0.373 e. The molecule has 1 fully saturated rings. The standard InChI is InChI=1S/C14H19N5O2/c1-18(10-13(16)20)8-12-9-19(4-5-21-12)14-3-2-11(6-15)7-17-14/h2-3,7,12H,4-5,8-10H2,1H3,(H2,16,20). The van der Waals surface area contributed by atoms with Crippen molar-refractivity contribution in [2.75, 3.05) is 44.7 Å². The Kier molecular flexibility index (Phi) is 5.09. The number of hydrogen-bond donors (Lipinski definition) is 1. The lowest BCUT2D eigenvalue weighted by Gasteiger charge is -2.35. The van der Waals surface area contributed by atoms with E-state index in [-0.39, 0.29) is 18.6 Å². The van der Waals surface area contributed by atoms with Crippen molar-refractivity contribution in [3.8, 4) is 6.07 Å². The highest BCUT2D eigenvalue weighted by Gasteiger charge is 2.23. The molecule has 0 radical (unpaired) electrons. The molecule has 7 heteroatoms. The van der Waals surface area contributed by atoms with E-state index in [0.717, 1.165) is 12.4 Å². The first-order chi connectivity index (χ1) is 10.1. The Balaban J connectivity index is 1.93. The third kappa shape index (κ3) is 4.41. The number of pyridine rings is 1. The third-order valence-electron chi connectivity index (χ3n) is 3.28. The van der Waals surface area contributed by atoms with Crippen LogP contribution in [0, 0.1) is 11.3 Å². The molecule has 2 heterocycles. The van der Waals surface area contributed by atoms with Gasteiger partial charge in [0.2, 0.25) is 5.91 Å². The summed E-state index contributed by atoms with van der Waals surface area (Å²) < 4.78 is 5.71. The SMILES string of the molecule is CN(CC(N)=O)CC1CN(c2ccc(C#N)cn2)CCO1. The van der Waals surface area contributed by atoms with Gasteiger partial charge < -0.3 is 15.4 Å². The summed E-state index contributed by atoms with van der Waals surface area (Å²) >= 11 is 0. The molecule has 0 aromatic carbocycles. The zero-order valence-electron chi connectivity index (χ0n) is 12.0. The predicted octanol–water partition coefficient (Wildman–Crippen LogP) is -0.424. The summed E-state index contributed by atoms with van der Waals surface area (Å²) in [5.41, 5.74) is 5.72. The minimum atomic E-state index is -0.348. The van der Waals surface area contributed by atoms with Crippen molar-refractivity contribution >= 4 is 11.7 Å². The van der Waals surface area contributed by atoms with Gasteiger partial charge in [0.25, 0.3) is 0 Å². The molecule has 0 aliphatic carbocycles. The Labute approximate surface area is 123 Å². The first kappa shape index (κ1) is 15.2. The number of anilines is 1. The summed E-state index contributed by atoms with van der Waals surface area (Å²) in [6.07, 6.45) is 1.57. The number of nitriles is 1. The fourth-order valence-electron chi connectivity index (χ4n) is 2.36. The van der Waals surface area contributed by atoms with Gasteiger partial charge in [0.1, 0.15) is 11.9 Å². The van der Waals surface area contributed by atoms with E-state index in [0.29, 0.717) is 25.3 Å². The molecule has 0 saturated carbocycles. The van der Waals surface area contributed by atoms with Gasteiger partial charge in [0, 0.05) is 25.8 Å². The van der Waals surface area contributed by atoms with E-state index in [2.05, 4.69) is 16.0 Å². The molecule has 1 aliphatic heterocycles. The molecule has 0 spiro atoms. The second-order valence-corrected chi connectivity index (χ2v) is 5.12. The van der Waals surface area contributed by atoms with E-state index in [1.165, 1.54) is 0 Å². The minimum Gasteiger partial charge on any atom is -0.373 e. The average molecular weight is 289 g/mol. The van der Waals surface area contributed by atoms with Gasteiger partial charge >= 0.3 is 0 Å². The summed E-state index contributed by atoms with van der Waals surface area (Å²) in [7, 11) is 1.84. The van der Waals surface area contributed by atoms with Crippen LogP contribution in [0.2, 0.25) is 0 Å². The topological polar surface area (TPSA) is 95.5 Å². The molecule has 7 nitrogen and oxygen atoms in total. The van der Waals surface area contributed by atoms with Gasteiger partial charge in [-0.1, -0.05) is 0 Å².